The highest BCUT2D eigenvalue weighted by molar-refractivity contribution is 5.94. The van der Waals surface area contributed by atoms with Crippen LogP contribution in [0, 0.1) is 0 Å². The van der Waals surface area contributed by atoms with Crippen LogP contribution >= 0.6 is 0 Å². The zero-order chi connectivity index (χ0) is 16.9. The lowest BCUT2D eigenvalue weighted by atomic mass is 10.0. The number of H-pyrrole nitrogens is 1. The average molecular weight is 323 g/mol. The van der Waals surface area contributed by atoms with Gasteiger partial charge in [0.1, 0.15) is 5.69 Å². The first-order valence-electron chi connectivity index (χ1n) is 7.61. The van der Waals surface area contributed by atoms with Gasteiger partial charge in [-0.1, -0.05) is 42.5 Å². The van der Waals surface area contributed by atoms with E-state index >= 15 is 0 Å². The molecule has 3 aromatic rings. The van der Waals surface area contributed by atoms with Gasteiger partial charge in [0.05, 0.1) is 13.2 Å². The van der Waals surface area contributed by atoms with Crippen LogP contribution in [0.3, 0.4) is 0 Å². The molecule has 0 aliphatic carbocycles. The normalized spacial score (nSPS) is 10.6. The number of hydrogen-bond acceptors (Lipinski definition) is 5. The van der Waals surface area contributed by atoms with Crippen LogP contribution in [0.15, 0.2) is 48.5 Å². The predicted molar refractivity (Wildman–Crippen MR) is 89.1 cm³/mol. The van der Waals surface area contributed by atoms with Crippen molar-refractivity contribution >= 4 is 5.97 Å². The van der Waals surface area contributed by atoms with Gasteiger partial charge in [-0.05, 0) is 29.7 Å². The maximum absolute atomic E-state index is 11.9. The van der Waals surface area contributed by atoms with Gasteiger partial charge < -0.3 is 9.84 Å². The molecule has 0 unspecified atom stereocenters. The topological polar surface area (TPSA) is 88.1 Å². The predicted octanol–water partition coefficient (Wildman–Crippen LogP) is 2.81. The van der Waals surface area contributed by atoms with Gasteiger partial charge in [0.15, 0.2) is 5.69 Å². The molecule has 6 heteroatoms. The summed E-state index contributed by atoms with van der Waals surface area (Å²) < 4.78 is 4.98. The second-order valence-electron chi connectivity index (χ2n) is 5.18. The van der Waals surface area contributed by atoms with Crippen LogP contribution in [0.4, 0.5) is 0 Å². The summed E-state index contributed by atoms with van der Waals surface area (Å²) in [6.45, 7) is 2.03. The molecule has 0 spiro atoms. The summed E-state index contributed by atoms with van der Waals surface area (Å²) >= 11 is 0. The van der Waals surface area contributed by atoms with Gasteiger partial charge in [-0.25, -0.2) is 4.79 Å². The third-order valence-corrected chi connectivity index (χ3v) is 3.62. The van der Waals surface area contributed by atoms with Crippen molar-refractivity contribution in [1.82, 2.24) is 15.4 Å². The number of benzene rings is 2. The molecule has 0 aliphatic heterocycles. The van der Waals surface area contributed by atoms with E-state index in [1.165, 1.54) is 0 Å². The summed E-state index contributed by atoms with van der Waals surface area (Å²) in [5, 5.41) is 19.6. The van der Waals surface area contributed by atoms with Gasteiger partial charge in [-0.2, -0.15) is 10.3 Å². The van der Waals surface area contributed by atoms with Crippen molar-refractivity contribution in [3.05, 3.63) is 59.8 Å². The third kappa shape index (κ3) is 3.18. The number of carbonyl (C=O) groups excluding carboxylic acids is 1. The van der Waals surface area contributed by atoms with Gasteiger partial charge >= 0.3 is 5.97 Å². The number of aliphatic hydroxyl groups excluding tert-OH is 1. The molecule has 6 nitrogen and oxygen atoms in total. The van der Waals surface area contributed by atoms with E-state index in [-0.39, 0.29) is 18.9 Å². The van der Waals surface area contributed by atoms with Gasteiger partial charge in [-0.3, -0.25) is 0 Å². The van der Waals surface area contributed by atoms with E-state index in [0.717, 1.165) is 22.3 Å². The molecule has 0 aliphatic rings. The Morgan fingerprint density at radius 3 is 2.54 bits per heavy atom. The molecular weight excluding hydrogens is 306 g/mol. The summed E-state index contributed by atoms with van der Waals surface area (Å²) in [6.07, 6.45) is 0. The second-order valence-corrected chi connectivity index (χ2v) is 5.18. The molecule has 0 bridgehead atoms. The average Bonchev–Trinajstić information content (AvgIpc) is 3.12. The summed E-state index contributed by atoms with van der Waals surface area (Å²) in [4.78, 5) is 11.9. The number of aromatic nitrogens is 3. The molecule has 1 heterocycles. The minimum absolute atomic E-state index is 0.00770. The molecule has 1 aromatic heterocycles. The van der Waals surface area contributed by atoms with Crippen LogP contribution in [-0.4, -0.2) is 33.1 Å². The molecule has 2 N–H and O–H groups in total. The fraction of sp³-hybridized carbons (Fsp3) is 0.167. The standard InChI is InChI=1S/C18H17N3O3/c1-2-24-18(23)17-16(19-21-20-17)14-8-6-13(7-9-14)15-5-3-4-12(10-15)11-22/h3-10,22H,2,11H2,1H3,(H,19,20,21). The largest absolute Gasteiger partial charge is 0.461 e. The highest BCUT2D eigenvalue weighted by Gasteiger charge is 2.18. The lowest BCUT2D eigenvalue weighted by molar-refractivity contribution is 0.0520. The van der Waals surface area contributed by atoms with Crippen LogP contribution in [0.25, 0.3) is 22.4 Å². The minimum atomic E-state index is -0.499. The smallest absolute Gasteiger partial charge is 0.361 e. The Bertz CT molecular complexity index is 841. The Labute approximate surface area is 139 Å². The summed E-state index contributed by atoms with van der Waals surface area (Å²) in [6, 6.07) is 15.3. The van der Waals surface area contributed by atoms with Crippen molar-refractivity contribution in [3.8, 4) is 22.4 Å². The number of aromatic amines is 1. The number of aliphatic hydroxyl groups is 1. The Morgan fingerprint density at radius 2 is 1.83 bits per heavy atom. The molecule has 0 amide bonds. The van der Waals surface area contributed by atoms with E-state index in [9.17, 15) is 9.90 Å². The Balaban J connectivity index is 1.90. The quantitative estimate of drug-likeness (QED) is 0.705. The number of nitrogens with one attached hydrogen (secondary N) is 1. The summed E-state index contributed by atoms with van der Waals surface area (Å²) in [5.41, 5.74) is 4.29. The van der Waals surface area contributed by atoms with Crippen molar-refractivity contribution in [1.29, 1.82) is 0 Å². The van der Waals surface area contributed by atoms with Gasteiger partial charge in [0, 0.05) is 5.56 Å². The molecule has 0 atom stereocenters. The molecule has 3 rings (SSSR count). The lowest BCUT2D eigenvalue weighted by Crippen LogP contribution is -2.06. The zero-order valence-corrected chi connectivity index (χ0v) is 13.2. The summed E-state index contributed by atoms with van der Waals surface area (Å²) in [5.74, 6) is -0.499. The first-order valence-corrected chi connectivity index (χ1v) is 7.61. The van der Waals surface area contributed by atoms with Crippen molar-refractivity contribution in [2.45, 2.75) is 13.5 Å². The van der Waals surface area contributed by atoms with Crippen molar-refractivity contribution in [2.24, 2.45) is 0 Å². The fourth-order valence-electron chi connectivity index (χ4n) is 2.44. The van der Waals surface area contributed by atoms with E-state index in [1.807, 2.05) is 48.5 Å². The highest BCUT2D eigenvalue weighted by Crippen LogP contribution is 2.26. The van der Waals surface area contributed by atoms with Crippen LogP contribution in [0.5, 0.6) is 0 Å². The Kier molecular flexibility index (Phi) is 4.67. The molecule has 24 heavy (non-hydrogen) atoms. The Morgan fingerprint density at radius 1 is 1.08 bits per heavy atom. The first kappa shape index (κ1) is 15.9. The molecule has 122 valence electrons. The first-order chi connectivity index (χ1) is 11.7. The number of esters is 1. The lowest BCUT2D eigenvalue weighted by Gasteiger charge is -2.06. The summed E-state index contributed by atoms with van der Waals surface area (Å²) in [7, 11) is 0. The molecule has 0 radical (unpaired) electrons. The number of hydrogen-bond donors (Lipinski definition) is 2. The molecule has 2 aromatic carbocycles. The van der Waals surface area contributed by atoms with Crippen molar-refractivity contribution in [2.75, 3.05) is 6.61 Å². The molecule has 0 fully saturated rings. The van der Waals surface area contributed by atoms with Crippen LogP contribution < -0.4 is 0 Å². The monoisotopic (exact) mass is 323 g/mol. The van der Waals surface area contributed by atoms with Gasteiger partial charge in [0.2, 0.25) is 0 Å². The van der Waals surface area contributed by atoms with Crippen molar-refractivity contribution < 1.29 is 14.6 Å². The van der Waals surface area contributed by atoms with E-state index in [1.54, 1.807) is 6.92 Å². The zero-order valence-electron chi connectivity index (χ0n) is 13.2. The fourth-order valence-corrected chi connectivity index (χ4v) is 2.44. The Hall–Kier alpha value is -2.99. The van der Waals surface area contributed by atoms with Gasteiger partial charge in [-0.15, -0.1) is 5.10 Å². The third-order valence-electron chi connectivity index (χ3n) is 3.62. The van der Waals surface area contributed by atoms with Crippen LogP contribution in [0.1, 0.15) is 23.0 Å². The van der Waals surface area contributed by atoms with E-state index in [0.29, 0.717) is 5.69 Å². The number of nitrogens with zero attached hydrogens (tertiary/aromatic N) is 2. The number of rotatable bonds is 5. The number of ether oxygens (including phenoxy) is 1. The van der Waals surface area contributed by atoms with Crippen molar-refractivity contribution in [3.63, 3.8) is 0 Å². The van der Waals surface area contributed by atoms with Crippen LogP contribution in [-0.2, 0) is 11.3 Å². The maximum atomic E-state index is 11.9. The maximum Gasteiger partial charge on any atom is 0.361 e. The number of carbonyl (C=O) groups is 1. The van der Waals surface area contributed by atoms with E-state index < -0.39 is 5.97 Å². The SMILES string of the molecule is CCOC(=O)c1n[nH]nc1-c1ccc(-c2cccc(CO)c2)cc1. The van der Waals surface area contributed by atoms with E-state index in [2.05, 4.69) is 15.4 Å². The molecule has 0 saturated carbocycles. The molecular formula is C18H17N3O3. The van der Waals surface area contributed by atoms with Gasteiger partial charge in [0.25, 0.3) is 0 Å². The molecule has 0 saturated heterocycles. The second kappa shape index (κ2) is 7.06. The van der Waals surface area contributed by atoms with Crippen LogP contribution in [0.2, 0.25) is 0 Å². The highest BCUT2D eigenvalue weighted by atomic mass is 16.5. The minimum Gasteiger partial charge on any atom is -0.461 e. The van der Waals surface area contributed by atoms with E-state index in [4.69, 9.17) is 4.74 Å².